The number of hydrogen-bond acceptors (Lipinski definition) is 10. The van der Waals surface area contributed by atoms with Gasteiger partial charge in [0.25, 0.3) is 10.0 Å². The van der Waals surface area contributed by atoms with E-state index in [1.165, 1.54) is 12.4 Å². The highest BCUT2D eigenvalue weighted by atomic mass is 32.2. The van der Waals surface area contributed by atoms with E-state index in [9.17, 15) is 17.6 Å². The lowest BCUT2D eigenvalue weighted by Crippen LogP contribution is -2.38. The Labute approximate surface area is 232 Å². The average molecular weight is 569 g/mol. The number of carbonyl (C=O) groups excluding carboxylic acids is 1. The summed E-state index contributed by atoms with van der Waals surface area (Å²) in [6.45, 7) is 0.0201. The van der Waals surface area contributed by atoms with Crippen LogP contribution >= 0.6 is 0 Å². The number of anilines is 3. The summed E-state index contributed by atoms with van der Waals surface area (Å²) in [6, 6.07) is 4.08. The van der Waals surface area contributed by atoms with Crippen LogP contribution in [0.3, 0.4) is 0 Å². The number of pyridine rings is 1. The Hall–Kier alpha value is -3.45. The van der Waals surface area contributed by atoms with Crippen LogP contribution < -0.4 is 16.0 Å². The van der Waals surface area contributed by atoms with Gasteiger partial charge in [-0.05, 0) is 57.4 Å². The molecule has 0 unspecified atom stereocenters. The summed E-state index contributed by atoms with van der Waals surface area (Å²) >= 11 is 0. The molecule has 3 aromatic heterocycles. The highest BCUT2D eigenvalue weighted by molar-refractivity contribution is 7.90. The smallest absolute Gasteiger partial charge is 0.256 e. The van der Waals surface area contributed by atoms with E-state index in [4.69, 9.17) is 4.98 Å². The van der Waals surface area contributed by atoms with Gasteiger partial charge in [0, 0.05) is 36.8 Å². The van der Waals surface area contributed by atoms with Crippen LogP contribution in [0.15, 0.2) is 30.7 Å². The normalized spacial score (nSPS) is 21.2. The van der Waals surface area contributed by atoms with Gasteiger partial charge in [0.1, 0.15) is 18.3 Å². The standard InChI is InChI=1S/C27H33FN8O3S/c28-10-12-29-19-3-5-20(6-4-19)32-23-13-25(34-26(17-1-2-17)22(23)16-37)33-24-9-11-30-27(35-24)18-14-31-36(15-18)40(38,39)21-7-8-21/h9,11,13-17,19-21,29H,1-8,10,12H2,(H2,30,32,33,34,35). The summed E-state index contributed by atoms with van der Waals surface area (Å²) in [7, 11) is -3.48. The second-order valence-electron chi connectivity index (χ2n) is 10.8. The summed E-state index contributed by atoms with van der Waals surface area (Å²) in [5.74, 6) is 1.64. The van der Waals surface area contributed by atoms with Crippen molar-refractivity contribution in [2.45, 2.75) is 74.6 Å². The topological polar surface area (TPSA) is 144 Å². The van der Waals surface area contributed by atoms with Gasteiger partial charge in [-0.1, -0.05) is 0 Å². The zero-order chi connectivity index (χ0) is 27.7. The molecule has 3 N–H and O–H groups in total. The molecule has 3 fully saturated rings. The molecule has 3 aliphatic carbocycles. The van der Waals surface area contributed by atoms with Gasteiger partial charge in [-0.2, -0.15) is 9.19 Å². The predicted molar refractivity (Wildman–Crippen MR) is 149 cm³/mol. The molecule has 0 amide bonds. The minimum atomic E-state index is -3.48. The van der Waals surface area contributed by atoms with Crippen molar-refractivity contribution in [3.8, 4) is 11.4 Å². The Morgan fingerprint density at radius 1 is 1.02 bits per heavy atom. The quantitative estimate of drug-likeness (QED) is 0.276. The van der Waals surface area contributed by atoms with E-state index in [2.05, 4.69) is 31.0 Å². The van der Waals surface area contributed by atoms with E-state index < -0.39 is 10.0 Å². The molecule has 3 saturated carbocycles. The zero-order valence-electron chi connectivity index (χ0n) is 22.1. The number of aromatic nitrogens is 5. The zero-order valence-corrected chi connectivity index (χ0v) is 22.9. The van der Waals surface area contributed by atoms with E-state index in [0.29, 0.717) is 54.0 Å². The van der Waals surface area contributed by atoms with Crippen molar-refractivity contribution in [2.24, 2.45) is 0 Å². The Morgan fingerprint density at radius 3 is 2.50 bits per heavy atom. The fraction of sp³-hybridized carbons (Fsp3) is 0.519. The molecule has 3 aliphatic rings. The highest BCUT2D eigenvalue weighted by Gasteiger charge is 2.38. The molecule has 0 atom stereocenters. The second kappa shape index (κ2) is 11.2. The Morgan fingerprint density at radius 2 is 1.80 bits per heavy atom. The molecule has 3 heterocycles. The van der Waals surface area contributed by atoms with Crippen LogP contribution in [0.4, 0.5) is 21.7 Å². The average Bonchev–Trinajstić information content (AvgIpc) is 3.90. The van der Waals surface area contributed by atoms with Gasteiger partial charge >= 0.3 is 0 Å². The largest absolute Gasteiger partial charge is 0.382 e. The minimum absolute atomic E-state index is 0.207. The highest BCUT2D eigenvalue weighted by Crippen LogP contribution is 2.43. The molecular weight excluding hydrogens is 535 g/mol. The first-order chi connectivity index (χ1) is 19.4. The molecule has 3 aromatic rings. The van der Waals surface area contributed by atoms with Crippen molar-refractivity contribution in [3.63, 3.8) is 0 Å². The number of alkyl halides is 1. The third-order valence-electron chi connectivity index (χ3n) is 7.72. The molecular formula is C27H33FN8O3S. The van der Waals surface area contributed by atoms with Gasteiger partial charge in [0.15, 0.2) is 12.1 Å². The molecule has 212 valence electrons. The van der Waals surface area contributed by atoms with E-state index >= 15 is 0 Å². The van der Waals surface area contributed by atoms with Gasteiger partial charge in [0.2, 0.25) is 0 Å². The molecule has 6 rings (SSSR count). The van der Waals surface area contributed by atoms with Gasteiger partial charge in [-0.25, -0.2) is 27.8 Å². The van der Waals surface area contributed by atoms with Crippen LogP contribution in [0.5, 0.6) is 0 Å². The number of aldehydes is 1. The van der Waals surface area contributed by atoms with Crippen molar-refractivity contribution in [3.05, 3.63) is 42.0 Å². The lowest BCUT2D eigenvalue weighted by molar-refractivity contribution is 0.112. The van der Waals surface area contributed by atoms with Gasteiger partial charge in [0.05, 0.1) is 40.2 Å². The summed E-state index contributed by atoms with van der Waals surface area (Å²) in [5.41, 5.74) is 2.62. The molecule has 0 saturated heterocycles. The number of rotatable bonds is 12. The fourth-order valence-corrected chi connectivity index (χ4v) is 6.72. The van der Waals surface area contributed by atoms with E-state index in [0.717, 1.165) is 60.3 Å². The first kappa shape index (κ1) is 26.8. The van der Waals surface area contributed by atoms with Crippen molar-refractivity contribution in [1.29, 1.82) is 0 Å². The van der Waals surface area contributed by atoms with Crippen LogP contribution in [-0.2, 0) is 10.0 Å². The van der Waals surface area contributed by atoms with Gasteiger partial charge < -0.3 is 16.0 Å². The first-order valence-electron chi connectivity index (χ1n) is 13.9. The predicted octanol–water partition coefficient (Wildman–Crippen LogP) is 3.79. The minimum Gasteiger partial charge on any atom is -0.382 e. The van der Waals surface area contributed by atoms with Crippen molar-refractivity contribution >= 4 is 33.6 Å². The molecule has 0 aromatic carbocycles. The number of nitrogens with zero attached hydrogens (tertiary/aromatic N) is 5. The van der Waals surface area contributed by atoms with Crippen LogP contribution in [0.1, 0.15) is 73.3 Å². The number of carbonyl (C=O) groups is 1. The summed E-state index contributed by atoms with van der Waals surface area (Å²) in [4.78, 5) is 25.8. The van der Waals surface area contributed by atoms with Gasteiger partial charge in [-0.3, -0.25) is 4.79 Å². The van der Waals surface area contributed by atoms with Crippen LogP contribution in [0, 0.1) is 0 Å². The van der Waals surface area contributed by atoms with Crippen LogP contribution in [0.25, 0.3) is 11.4 Å². The van der Waals surface area contributed by atoms with Crippen molar-refractivity contribution in [1.82, 2.24) is 29.5 Å². The third kappa shape index (κ3) is 5.85. The Balaban J connectivity index is 1.21. The van der Waals surface area contributed by atoms with Gasteiger partial charge in [-0.15, -0.1) is 0 Å². The lowest BCUT2D eigenvalue weighted by atomic mass is 9.90. The van der Waals surface area contributed by atoms with Crippen molar-refractivity contribution < 1.29 is 17.6 Å². The maximum Gasteiger partial charge on any atom is 0.256 e. The maximum absolute atomic E-state index is 12.5. The fourth-order valence-electron chi connectivity index (χ4n) is 5.25. The maximum atomic E-state index is 12.5. The second-order valence-corrected chi connectivity index (χ2v) is 12.9. The SMILES string of the molecule is O=Cc1c(NC2CCC(NCCF)CC2)cc(Nc2ccnc(-c3cnn(S(=O)(=O)C4CC4)c3)n2)nc1C1CC1. The molecule has 40 heavy (non-hydrogen) atoms. The molecule has 0 radical (unpaired) electrons. The number of nitrogens with one attached hydrogen (secondary N) is 3. The summed E-state index contributed by atoms with van der Waals surface area (Å²) < 4.78 is 38.6. The van der Waals surface area contributed by atoms with Crippen LogP contribution in [0.2, 0.25) is 0 Å². The van der Waals surface area contributed by atoms with Crippen LogP contribution in [-0.4, -0.2) is 69.4 Å². The molecule has 11 nitrogen and oxygen atoms in total. The molecule has 0 aliphatic heterocycles. The first-order valence-corrected chi connectivity index (χ1v) is 15.4. The lowest BCUT2D eigenvalue weighted by Gasteiger charge is -2.31. The van der Waals surface area contributed by atoms with E-state index in [-0.39, 0.29) is 23.9 Å². The summed E-state index contributed by atoms with van der Waals surface area (Å²) in [6.07, 6.45) is 12.4. The Kier molecular flexibility index (Phi) is 7.49. The van der Waals surface area contributed by atoms with Crippen molar-refractivity contribution in [2.75, 3.05) is 23.9 Å². The van der Waals surface area contributed by atoms with E-state index in [1.807, 2.05) is 6.07 Å². The monoisotopic (exact) mass is 568 g/mol. The third-order valence-corrected chi connectivity index (χ3v) is 9.76. The molecule has 13 heteroatoms. The summed E-state index contributed by atoms with van der Waals surface area (Å²) in [5, 5.41) is 13.8. The number of hydrogen-bond donors (Lipinski definition) is 3. The molecule has 0 spiro atoms. The number of halogens is 1. The molecule has 0 bridgehead atoms. The van der Waals surface area contributed by atoms with E-state index in [1.54, 1.807) is 12.3 Å². The Bertz CT molecular complexity index is 1480.